The van der Waals surface area contributed by atoms with E-state index in [-0.39, 0.29) is 5.69 Å². The maximum Gasteiger partial charge on any atom is 0.255 e. The van der Waals surface area contributed by atoms with Gasteiger partial charge in [-0.2, -0.15) is 0 Å². The third-order valence-electron chi connectivity index (χ3n) is 3.21. The molecule has 0 aromatic heterocycles. The summed E-state index contributed by atoms with van der Waals surface area (Å²) in [6, 6.07) is 10.3. The number of amides is 1. The first-order chi connectivity index (χ1) is 10.1. The van der Waals surface area contributed by atoms with Crippen LogP contribution in [-0.2, 0) is 6.42 Å². The summed E-state index contributed by atoms with van der Waals surface area (Å²) >= 11 is 0. The summed E-state index contributed by atoms with van der Waals surface area (Å²) in [4.78, 5) is 12.0. The Morgan fingerprint density at radius 1 is 1.10 bits per heavy atom. The zero-order valence-electron chi connectivity index (χ0n) is 11.8. The minimum atomic E-state index is -0.789. The monoisotopic (exact) mass is 289 g/mol. The van der Waals surface area contributed by atoms with Crippen molar-refractivity contribution in [1.82, 2.24) is 0 Å². The van der Waals surface area contributed by atoms with Crippen LogP contribution in [0.4, 0.5) is 14.5 Å². The molecule has 0 saturated heterocycles. The molecule has 2 aromatic carbocycles. The number of unbranched alkanes of at least 4 members (excludes halogenated alkanes) is 1. The van der Waals surface area contributed by atoms with Crippen LogP contribution < -0.4 is 5.32 Å². The summed E-state index contributed by atoms with van der Waals surface area (Å²) in [5.74, 6) is -1.88. The van der Waals surface area contributed by atoms with Crippen molar-refractivity contribution >= 4 is 11.6 Å². The predicted molar refractivity (Wildman–Crippen MR) is 79.4 cm³/mol. The van der Waals surface area contributed by atoms with E-state index in [1.54, 1.807) is 12.1 Å². The third-order valence-corrected chi connectivity index (χ3v) is 3.21. The zero-order chi connectivity index (χ0) is 15.2. The van der Waals surface area contributed by atoms with E-state index in [9.17, 15) is 13.6 Å². The van der Waals surface area contributed by atoms with Crippen LogP contribution in [0, 0.1) is 11.6 Å². The van der Waals surface area contributed by atoms with Crippen molar-refractivity contribution in [2.45, 2.75) is 26.2 Å². The van der Waals surface area contributed by atoms with E-state index < -0.39 is 17.5 Å². The van der Waals surface area contributed by atoms with Gasteiger partial charge in [-0.3, -0.25) is 4.79 Å². The predicted octanol–water partition coefficient (Wildman–Crippen LogP) is 4.56. The van der Waals surface area contributed by atoms with Gasteiger partial charge in [0.25, 0.3) is 5.91 Å². The molecule has 0 aliphatic heterocycles. The molecule has 1 N–H and O–H groups in total. The van der Waals surface area contributed by atoms with Crippen molar-refractivity contribution in [3.63, 3.8) is 0 Å². The van der Waals surface area contributed by atoms with Crippen LogP contribution in [0.1, 0.15) is 35.7 Å². The van der Waals surface area contributed by atoms with Crippen LogP contribution in [0.3, 0.4) is 0 Å². The number of carbonyl (C=O) groups excluding carboxylic acids is 1. The molecular formula is C17H17F2NO. The van der Waals surface area contributed by atoms with Gasteiger partial charge in [-0.1, -0.05) is 25.5 Å². The topological polar surface area (TPSA) is 29.1 Å². The number of aryl methyl sites for hydroxylation is 1. The Morgan fingerprint density at radius 2 is 1.81 bits per heavy atom. The SMILES string of the molecule is CCCCc1ccc(C(=O)Nc2ccc(F)cc2F)cc1. The second-order valence-electron chi connectivity index (χ2n) is 4.88. The maximum atomic E-state index is 13.5. The second kappa shape index (κ2) is 6.97. The van der Waals surface area contributed by atoms with Crippen molar-refractivity contribution in [3.8, 4) is 0 Å². The van der Waals surface area contributed by atoms with E-state index in [1.165, 1.54) is 11.6 Å². The zero-order valence-corrected chi connectivity index (χ0v) is 11.8. The standard InChI is InChI=1S/C17H17F2NO/c1-2-3-4-12-5-7-13(8-6-12)17(21)20-16-10-9-14(18)11-15(16)19/h5-11H,2-4H2,1H3,(H,20,21). The second-order valence-corrected chi connectivity index (χ2v) is 4.88. The van der Waals surface area contributed by atoms with Crippen molar-refractivity contribution in [2.75, 3.05) is 5.32 Å². The van der Waals surface area contributed by atoms with Gasteiger partial charge in [0, 0.05) is 11.6 Å². The van der Waals surface area contributed by atoms with Gasteiger partial charge in [0.1, 0.15) is 11.6 Å². The summed E-state index contributed by atoms with van der Waals surface area (Å²) in [6.07, 6.45) is 3.20. The molecule has 2 rings (SSSR count). The summed E-state index contributed by atoms with van der Waals surface area (Å²) in [7, 11) is 0. The number of nitrogens with one attached hydrogen (secondary N) is 1. The summed E-state index contributed by atoms with van der Waals surface area (Å²) in [5.41, 5.74) is 1.58. The third kappa shape index (κ3) is 4.12. The van der Waals surface area contributed by atoms with Crippen LogP contribution >= 0.6 is 0 Å². The van der Waals surface area contributed by atoms with E-state index in [1.807, 2.05) is 12.1 Å². The molecule has 0 fully saturated rings. The molecule has 1 amide bonds. The van der Waals surface area contributed by atoms with Gasteiger partial charge in [0.15, 0.2) is 0 Å². The van der Waals surface area contributed by atoms with Crippen LogP contribution in [-0.4, -0.2) is 5.91 Å². The van der Waals surface area contributed by atoms with E-state index in [0.717, 1.165) is 31.4 Å². The van der Waals surface area contributed by atoms with Crippen molar-refractivity contribution in [1.29, 1.82) is 0 Å². The first kappa shape index (κ1) is 15.2. The van der Waals surface area contributed by atoms with Gasteiger partial charge in [-0.25, -0.2) is 8.78 Å². The molecule has 110 valence electrons. The van der Waals surface area contributed by atoms with E-state index in [0.29, 0.717) is 5.56 Å². The minimum Gasteiger partial charge on any atom is -0.319 e. The van der Waals surface area contributed by atoms with Crippen molar-refractivity contribution < 1.29 is 13.6 Å². The molecule has 2 aromatic rings. The molecule has 0 heterocycles. The van der Waals surface area contributed by atoms with Crippen LogP contribution in [0.2, 0.25) is 0 Å². The molecule has 4 heteroatoms. The lowest BCUT2D eigenvalue weighted by molar-refractivity contribution is 0.102. The van der Waals surface area contributed by atoms with Gasteiger partial charge >= 0.3 is 0 Å². The Kier molecular flexibility index (Phi) is 5.04. The maximum absolute atomic E-state index is 13.5. The van der Waals surface area contributed by atoms with Crippen molar-refractivity contribution in [3.05, 3.63) is 65.2 Å². The summed E-state index contributed by atoms with van der Waals surface area (Å²) in [5, 5.41) is 2.44. The average Bonchev–Trinajstić information content (AvgIpc) is 2.48. The molecule has 0 aliphatic rings. The molecule has 0 atom stereocenters. The minimum absolute atomic E-state index is 0.0311. The molecule has 21 heavy (non-hydrogen) atoms. The first-order valence-corrected chi connectivity index (χ1v) is 6.95. The van der Waals surface area contributed by atoms with Crippen LogP contribution in [0.15, 0.2) is 42.5 Å². The lowest BCUT2D eigenvalue weighted by Crippen LogP contribution is -2.13. The molecule has 0 radical (unpaired) electrons. The smallest absolute Gasteiger partial charge is 0.255 e. The Morgan fingerprint density at radius 3 is 2.43 bits per heavy atom. The number of carbonyl (C=O) groups is 1. The summed E-state index contributed by atoms with van der Waals surface area (Å²) in [6.45, 7) is 2.12. The van der Waals surface area contributed by atoms with Gasteiger partial charge < -0.3 is 5.32 Å². The highest BCUT2D eigenvalue weighted by atomic mass is 19.1. The molecule has 0 saturated carbocycles. The van der Waals surface area contributed by atoms with Crippen LogP contribution in [0.5, 0.6) is 0 Å². The van der Waals surface area contributed by atoms with Gasteiger partial charge in [0.2, 0.25) is 0 Å². The molecular weight excluding hydrogens is 272 g/mol. The van der Waals surface area contributed by atoms with Gasteiger partial charge in [0.05, 0.1) is 5.69 Å². The van der Waals surface area contributed by atoms with Gasteiger partial charge in [-0.15, -0.1) is 0 Å². The van der Waals surface area contributed by atoms with E-state index in [4.69, 9.17) is 0 Å². The first-order valence-electron chi connectivity index (χ1n) is 6.95. The van der Waals surface area contributed by atoms with Gasteiger partial charge in [-0.05, 0) is 42.7 Å². The fourth-order valence-corrected chi connectivity index (χ4v) is 1.99. The van der Waals surface area contributed by atoms with E-state index in [2.05, 4.69) is 12.2 Å². The van der Waals surface area contributed by atoms with Crippen LogP contribution in [0.25, 0.3) is 0 Å². The Bertz CT molecular complexity index is 623. The Hall–Kier alpha value is -2.23. The highest BCUT2D eigenvalue weighted by Crippen LogP contribution is 2.16. The number of anilines is 1. The lowest BCUT2D eigenvalue weighted by Gasteiger charge is -2.07. The highest BCUT2D eigenvalue weighted by molar-refractivity contribution is 6.04. The largest absolute Gasteiger partial charge is 0.319 e. The average molecular weight is 289 g/mol. The fourth-order valence-electron chi connectivity index (χ4n) is 1.99. The summed E-state index contributed by atoms with van der Waals surface area (Å²) < 4.78 is 26.3. The number of hydrogen-bond donors (Lipinski definition) is 1. The normalized spacial score (nSPS) is 10.4. The number of rotatable bonds is 5. The molecule has 0 spiro atoms. The lowest BCUT2D eigenvalue weighted by atomic mass is 10.1. The quantitative estimate of drug-likeness (QED) is 0.859. The number of hydrogen-bond acceptors (Lipinski definition) is 1. The highest BCUT2D eigenvalue weighted by Gasteiger charge is 2.10. The Labute approximate surface area is 122 Å². The number of halogens is 2. The fraction of sp³-hybridized carbons (Fsp3) is 0.235. The van der Waals surface area contributed by atoms with Crippen molar-refractivity contribution in [2.24, 2.45) is 0 Å². The molecule has 0 unspecified atom stereocenters. The number of benzene rings is 2. The molecule has 2 nitrogen and oxygen atoms in total. The molecule has 0 aliphatic carbocycles. The van der Waals surface area contributed by atoms with E-state index >= 15 is 0 Å². The molecule has 0 bridgehead atoms. The Balaban J connectivity index is 2.06.